The number of hydrogen-bond donors (Lipinski definition) is 0. The van der Waals surface area contributed by atoms with Crippen LogP contribution >= 0.6 is 15.9 Å². The van der Waals surface area contributed by atoms with E-state index >= 15 is 0 Å². The third kappa shape index (κ3) is 4.83. The van der Waals surface area contributed by atoms with Gasteiger partial charge in [0.1, 0.15) is 11.4 Å². The van der Waals surface area contributed by atoms with E-state index in [-0.39, 0.29) is 17.8 Å². The van der Waals surface area contributed by atoms with Crippen LogP contribution in [0.3, 0.4) is 0 Å². The van der Waals surface area contributed by atoms with Gasteiger partial charge in [-0.1, -0.05) is 28.1 Å². The Morgan fingerprint density at radius 1 is 1.32 bits per heavy atom. The van der Waals surface area contributed by atoms with Crippen molar-refractivity contribution in [2.24, 2.45) is 5.92 Å². The Hall–Kier alpha value is -1.36. The van der Waals surface area contributed by atoms with E-state index in [1.54, 1.807) is 4.90 Å². The molecule has 1 aromatic rings. The smallest absolute Gasteiger partial charge is 0.410 e. The number of rotatable bonds is 2. The van der Waals surface area contributed by atoms with Gasteiger partial charge in [-0.2, -0.15) is 0 Å². The van der Waals surface area contributed by atoms with Crippen LogP contribution in [0.5, 0.6) is 0 Å². The highest BCUT2D eigenvalue weighted by molar-refractivity contribution is 9.10. The van der Waals surface area contributed by atoms with E-state index in [9.17, 15) is 9.59 Å². The number of hydrogen-bond acceptors (Lipinski definition) is 3. The summed E-state index contributed by atoms with van der Waals surface area (Å²) in [4.78, 5) is 25.9. The molecule has 0 unspecified atom stereocenters. The highest BCUT2D eigenvalue weighted by Gasteiger charge is 2.32. The molecule has 0 N–H and O–H groups in total. The Labute approximate surface area is 140 Å². The van der Waals surface area contributed by atoms with E-state index < -0.39 is 5.60 Å². The van der Waals surface area contributed by atoms with Crippen LogP contribution in [0.1, 0.15) is 32.8 Å². The molecule has 1 atom stereocenters. The van der Waals surface area contributed by atoms with E-state index in [1.165, 1.54) is 0 Å². The molecule has 0 saturated carbocycles. The number of ether oxygens (including phenoxy) is 1. The van der Waals surface area contributed by atoms with E-state index in [0.29, 0.717) is 25.9 Å². The Balaban J connectivity index is 2.00. The van der Waals surface area contributed by atoms with Crippen molar-refractivity contribution < 1.29 is 14.3 Å². The largest absolute Gasteiger partial charge is 0.444 e. The number of carbonyl (C=O) groups excluding carboxylic acids is 2. The van der Waals surface area contributed by atoms with Crippen molar-refractivity contribution >= 4 is 27.8 Å². The minimum absolute atomic E-state index is 0.151. The van der Waals surface area contributed by atoms with Gasteiger partial charge in [0.05, 0.1) is 0 Å². The van der Waals surface area contributed by atoms with Gasteiger partial charge in [-0.05, 0) is 44.9 Å². The molecule has 5 heteroatoms. The van der Waals surface area contributed by atoms with Gasteiger partial charge in [0.15, 0.2) is 0 Å². The van der Waals surface area contributed by atoms with Gasteiger partial charge in [-0.15, -0.1) is 0 Å². The Kier molecular flexibility index (Phi) is 5.27. The van der Waals surface area contributed by atoms with Crippen LogP contribution < -0.4 is 0 Å². The maximum absolute atomic E-state index is 12.1. The number of likely N-dealkylation sites (tertiary alicyclic amines) is 1. The predicted octanol–water partition coefficient (Wildman–Crippen LogP) is 3.82. The van der Waals surface area contributed by atoms with Gasteiger partial charge in [-0.25, -0.2) is 4.79 Å². The number of benzene rings is 1. The van der Waals surface area contributed by atoms with Gasteiger partial charge < -0.3 is 9.64 Å². The highest BCUT2D eigenvalue weighted by atomic mass is 79.9. The van der Waals surface area contributed by atoms with Crippen LogP contribution in [-0.2, 0) is 16.0 Å². The summed E-state index contributed by atoms with van der Waals surface area (Å²) in [5.41, 5.74) is 0.590. The lowest BCUT2D eigenvalue weighted by molar-refractivity contribution is -0.125. The molecule has 1 aliphatic rings. The molecule has 0 spiro atoms. The van der Waals surface area contributed by atoms with E-state index in [0.717, 1.165) is 10.0 Å². The zero-order chi connectivity index (χ0) is 16.3. The van der Waals surface area contributed by atoms with Crippen molar-refractivity contribution in [1.82, 2.24) is 4.90 Å². The average Bonchev–Trinajstić information content (AvgIpc) is 2.41. The lowest BCUT2D eigenvalue weighted by atomic mass is 9.90. The molecule has 120 valence electrons. The maximum atomic E-state index is 12.1. The van der Waals surface area contributed by atoms with Crippen LogP contribution in [-0.4, -0.2) is 35.5 Å². The standard InChI is InChI=1S/C17H22BrNO3/c1-17(2,3)22-16(21)19-9-8-15(20)13(11-19)10-12-4-6-14(18)7-5-12/h4-7,13H,8-11H2,1-3H3/t13-/m1/s1. The normalized spacial score (nSPS) is 19.2. The molecule has 1 heterocycles. The summed E-state index contributed by atoms with van der Waals surface area (Å²) in [6.07, 6.45) is 0.729. The molecule has 2 rings (SSSR count). The first-order valence-electron chi connectivity index (χ1n) is 7.50. The van der Waals surface area contributed by atoms with E-state index in [2.05, 4.69) is 15.9 Å². The van der Waals surface area contributed by atoms with Crippen LogP contribution in [0.15, 0.2) is 28.7 Å². The molecule has 0 radical (unpaired) electrons. The first kappa shape index (κ1) is 17.0. The topological polar surface area (TPSA) is 46.6 Å². The number of carbonyl (C=O) groups is 2. The molecule has 1 saturated heterocycles. The zero-order valence-electron chi connectivity index (χ0n) is 13.3. The zero-order valence-corrected chi connectivity index (χ0v) is 14.9. The summed E-state index contributed by atoms with van der Waals surface area (Å²) >= 11 is 3.40. The molecule has 0 bridgehead atoms. The lowest BCUT2D eigenvalue weighted by Crippen LogP contribution is -2.46. The Bertz CT molecular complexity index is 548. The molecule has 1 amide bonds. The third-order valence-electron chi connectivity index (χ3n) is 3.57. The second-order valence-corrected chi connectivity index (χ2v) is 7.59. The van der Waals surface area contributed by atoms with Gasteiger partial charge in [-0.3, -0.25) is 4.79 Å². The molecule has 0 aliphatic carbocycles. The molecular weight excluding hydrogens is 346 g/mol. The second-order valence-electron chi connectivity index (χ2n) is 6.67. The number of Topliss-reactive ketones (excluding diaryl/α,β-unsaturated/α-hetero) is 1. The van der Waals surface area contributed by atoms with Gasteiger partial charge >= 0.3 is 6.09 Å². The predicted molar refractivity (Wildman–Crippen MR) is 88.8 cm³/mol. The van der Waals surface area contributed by atoms with Crippen molar-refractivity contribution in [3.05, 3.63) is 34.3 Å². The van der Waals surface area contributed by atoms with Crippen LogP contribution in [0.25, 0.3) is 0 Å². The van der Waals surface area contributed by atoms with E-state index in [1.807, 2.05) is 45.0 Å². The van der Waals surface area contributed by atoms with Gasteiger partial charge in [0.2, 0.25) is 0 Å². The summed E-state index contributed by atoms with van der Waals surface area (Å²) in [5.74, 6) is 0.0742. The SMILES string of the molecule is CC(C)(C)OC(=O)N1CCC(=O)[C@H](Cc2ccc(Br)cc2)C1. The summed E-state index contributed by atoms with van der Waals surface area (Å²) in [6, 6.07) is 7.94. The van der Waals surface area contributed by atoms with Crippen molar-refractivity contribution in [2.45, 2.75) is 39.2 Å². The fourth-order valence-electron chi connectivity index (χ4n) is 2.48. The summed E-state index contributed by atoms with van der Waals surface area (Å²) in [6.45, 7) is 6.42. The summed E-state index contributed by atoms with van der Waals surface area (Å²) in [7, 11) is 0. The number of nitrogens with zero attached hydrogens (tertiary/aromatic N) is 1. The lowest BCUT2D eigenvalue weighted by Gasteiger charge is -2.33. The minimum Gasteiger partial charge on any atom is -0.444 e. The first-order chi connectivity index (χ1) is 10.2. The molecule has 0 aromatic heterocycles. The molecule has 1 aliphatic heterocycles. The van der Waals surface area contributed by atoms with Crippen molar-refractivity contribution in [3.63, 3.8) is 0 Å². The van der Waals surface area contributed by atoms with Crippen molar-refractivity contribution in [1.29, 1.82) is 0 Å². The fraction of sp³-hybridized carbons (Fsp3) is 0.529. The number of halogens is 1. The molecule has 22 heavy (non-hydrogen) atoms. The monoisotopic (exact) mass is 367 g/mol. The van der Waals surface area contributed by atoms with Gasteiger partial charge in [0, 0.05) is 29.9 Å². The van der Waals surface area contributed by atoms with Crippen molar-refractivity contribution in [2.75, 3.05) is 13.1 Å². The van der Waals surface area contributed by atoms with Crippen molar-refractivity contribution in [3.8, 4) is 0 Å². The van der Waals surface area contributed by atoms with Crippen LogP contribution in [0.4, 0.5) is 4.79 Å². The first-order valence-corrected chi connectivity index (χ1v) is 8.29. The minimum atomic E-state index is -0.514. The van der Waals surface area contributed by atoms with Crippen LogP contribution in [0.2, 0.25) is 0 Å². The quantitative estimate of drug-likeness (QED) is 0.797. The number of amides is 1. The summed E-state index contributed by atoms with van der Waals surface area (Å²) in [5, 5.41) is 0. The Morgan fingerprint density at radius 2 is 1.95 bits per heavy atom. The average molecular weight is 368 g/mol. The molecule has 1 aromatic carbocycles. The molecule has 4 nitrogen and oxygen atoms in total. The summed E-state index contributed by atoms with van der Waals surface area (Å²) < 4.78 is 6.41. The van der Waals surface area contributed by atoms with E-state index in [4.69, 9.17) is 4.74 Å². The number of piperidine rings is 1. The fourth-order valence-corrected chi connectivity index (χ4v) is 2.75. The number of ketones is 1. The molecular formula is C17H22BrNO3. The highest BCUT2D eigenvalue weighted by Crippen LogP contribution is 2.21. The van der Waals surface area contributed by atoms with Gasteiger partial charge in [0.25, 0.3) is 0 Å². The Morgan fingerprint density at radius 3 is 2.55 bits per heavy atom. The second kappa shape index (κ2) is 6.82. The van der Waals surface area contributed by atoms with Crippen LogP contribution in [0, 0.1) is 5.92 Å². The molecule has 1 fully saturated rings. The third-order valence-corrected chi connectivity index (χ3v) is 4.10. The maximum Gasteiger partial charge on any atom is 0.410 e.